The van der Waals surface area contributed by atoms with Gasteiger partial charge in [-0.15, -0.1) is 0 Å². The number of nitrogens with one attached hydrogen (secondary N) is 1. The van der Waals surface area contributed by atoms with Crippen LogP contribution < -0.4 is 14.9 Å². The van der Waals surface area contributed by atoms with Crippen LogP contribution in [0.1, 0.15) is 16.7 Å². The molecule has 0 heterocycles. The first-order valence-electron chi connectivity index (χ1n) is 9.75. The highest BCUT2D eigenvalue weighted by Crippen LogP contribution is 2.22. The molecular weight excluding hydrogens is 472 g/mol. The third kappa shape index (κ3) is 7.52. The molecule has 3 rings (SSSR count). The van der Waals surface area contributed by atoms with E-state index in [1.165, 1.54) is 12.3 Å². The first-order chi connectivity index (χ1) is 15.5. The van der Waals surface area contributed by atoms with Gasteiger partial charge >= 0.3 is 5.97 Å². The van der Waals surface area contributed by atoms with E-state index >= 15 is 0 Å². The lowest BCUT2D eigenvalue weighted by atomic mass is 10.2. The zero-order chi connectivity index (χ0) is 22.8. The Morgan fingerprint density at radius 3 is 2.62 bits per heavy atom. The van der Waals surface area contributed by atoms with Crippen LogP contribution in [-0.2, 0) is 9.59 Å². The van der Waals surface area contributed by atoms with Crippen LogP contribution in [0.25, 0.3) is 6.08 Å². The second-order valence-corrected chi connectivity index (χ2v) is 7.66. The number of rotatable bonds is 8. The van der Waals surface area contributed by atoms with Gasteiger partial charge in [0.15, 0.2) is 6.61 Å². The Morgan fingerprint density at radius 2 is 1.84 bits per heavy atom. The van der Waals surface area contributed by atoms with Crippen molar-refractivity contribution in [3.63, 3.8) is 0 Å². The van der Waals surface area contributed by atoms with E-state index in [0.29, 0.717) is 17.1 Å². The lowest BCUT2D eigenvalue weighted by molar-refractivity contribution is -0.129. The van der Waals surface area contributed by atoms with E-state index in [2.05, 4.69) is 26.5 Å². The number of hydrogen-bond donors (Lipinski definition) is 1. The Labute approximate surface area is 194 Å². The first kappa shape index (κ1) is 23.0. The molecule has 0 spiro atoms. The Balaban J connectivity index is 1.58. The summed E-state index contributed by atoms with van der Waals surface area (Å²) in [6.45, 7) is 1.77. The Hall–Kier alpha value is -3.71. The summed E-state index contributed by atoms with van der Waals surface area (Å²) in [5, 5.41) is 3.94. The summed E-state index contributed by atoms with van der Waals surface area (Å²) in [5.74, 6) is -0.0256. The number of amides is 1. The number of nitrogens with zero attached hydrogens (tertiary/aromatic N) is 1. The molecule has 3 aromatic carbocycles. The number of ether oxygens (including phenoxy) is 2. The van der Waals surface area contributed by atoms with Crippen LogP contribution in [0.5, 0.6) is 11.5 Å². The van der Waals surface area contributed by atoms with Crippen LogP contribution in [0.2, 0.25) is 0 Å². The van der Waals surface area contributed by atoms with Gasteiger partial charge in [0.25, 0.3) is 5.91 Å². The molecule has 7 heteroatoms. The van der Waals surface area contributed by atoms with Gasteiger partial charge in [0.05, 0.1) is 6.21 Å². The van der Waals surface area contributed by atoms with Crippen LogP contribution in [0.15, 0.2) is 88.4 Å². The van der Waals surface area contributed by atoms with E-state index in [9.17, 15) is 9.59 Å². The van der Waals surface area contributed by atoms with Crippen molar-refractivity contribution in [1.82, 2.24) is 5.43 Å². The van der Waals surface area contributed by atoms with Crippen molar-refractivity contribution in [1.29, 1.82) is 0 Å². The summed E-state index contributed by atoms with van der Waals surface area (Å²) in [4.78, 5) is 24.2. The molecule has 0 aliphatic carbocycles. The van der Waals surface area contributed by atoms with Crippen molar-refractivity contribution in [2.75, 3.05) is 6.61 Å². The molecule has 0 fully saturated rings. The number of carbonyl (C=O) groups is 2. The fourth-order valence-electron chi connectivity index (χ4n) is 2.64. The lowest BCUT2D eigenvalue weighted by Gasteiger charge is -2.07. The smallest absolute Gasteiger partial charge is 0.336 e. The average molecular weight is 493 g/mol. The summed E-state index contributed by atoms with van der Waals surface area (Å²) < 4.78 is 11.6. The maximum atomic E-state index is 12.2. The molecule has 3 aromatic rings. The van der Waals surface area contributed by atoms with Crippen molar-refractivity contribution >= 4 is 40.1 Å². The SMILES string of the molecule is Cc1cccc(OCC(=O)N/N=C\c2cc(Br)ccc2OC(=O)/C=C/c2ccccc2)c1. The van der Waals surface area contributed by atoms with E-state index in [0.717, 1.165) is 15.6 Å². The van der Waals surface area contributed by atoms with Crippen LogP contribution in [0.3, 0.4) is 0 Å². The topological polar surface area (TPSA) is 77.0 Å². The second kappa shape index (κ2) is 11.6. The molecule has 0 aromatic heterocycles. The predicted octanol–water partition coefficient (Wildman–Crippen LogP) is 4.91. The van der Waals surface area contributed by atoms with Crippen LogP contribution in [-0.4, -0.2) is 24.7 Å². The fourth-order valence-corrected chi connectivity index (χ4v) is 3.02. The fraction of sp³-hybridized carbons (Fsp3) is 0.0800. The summed E-state index contributed by atoms with van der Waals surface area (Å²) in [6.07, 6.45) is 4.42. The molecule has 6 nitrogen and oxygen atoms in total. The number of carbonyl (C=O) groups excluding carboxylic acids is 2. The van der Waals surface area contributed by atoms with Gasteiger partial charge in [-0.25, -0.2) is 10.2 Å². The van der Waals surface area contributed by atoms with Gasteiger partial charge in [-0.05, 0) is 54.5 Å². The first-order valence-corrected chi connectivity index (χ1v) is 10.5. The highest BCUT2D eigenvalue weighted by Gasteiger charge is 2.08. The van der Waals surface area contributed by atoms with Gasteiger partial charge in [0.2, 0.25) is 0 Å². The monoisotopic (exact) mass is 492 g/mol. The second-order valence-electron chi connectivity index (χ2n) is 6.75. The minimum atomic E-state index is -0.526. The number of esters is 1. The summed E-state index contributed by atoms with van der Waals surface area (Å²) in [5.41, 5.74) is 4.84. The zero-order valence-corrected chi connectivity index (χ0v) is 18.9. The van der Waals surface area contributed by atoms with Gasteiger partial charge in [-0.2, -0.15) is 5.10 Å². The number of aryl methyl sites for hydroxylation is 1. The van der Waals surface area contributed by atoms with Crippen molar-refractivity contribution in [2.45, 2.75) is 6.92 Å². The maximum Gasteiger partial charge on any atom is 0.336 e. The van der Waals surface area contributed by atoms with Gasteiger partial charge in [-0.1, -0.05) is 58.4 Å². The molecule has 1 N–H and O–H groups in total. The van der Waals surface area contributed by atoms with E-state index in [-0.39, 0.29) is 6.61 Å². The molecule has 0 atom stereocenters. The minimum absolute atomic E-state index is 0.175. The molecule has 0 bridgehead atoms. The number of benzene rings is 3. The molecule has 162 valence electrons. The third-order valence-corrected chi connectivity index (χ3v) is 4.64. The summed E-state index contributed by atoms with van der Waals surface area (Å²) >= 11 is 3.38. The number of hydrazone groups is 1. The Kier molecular flexibility index (Phi) is 8.34. The number of halogens is 1. The highest BCUT2D eigenvalue weighted by molar-refractivity contribution is 9.10. The Bertz CT molecular complexity index is 1140. The summed E-state index contributed by atoms with van der Waals surface area (Å²) in [6, 6.07) is 21.9. The van der Waals surface area contributed by atoms with Crippen molar-refractivity contribution < 1.29 is 19.1 Å². The van der Waals surface area contributed by atoms with Gasteiger partial charge in [-0.3, -0.25) is 4.79 Å². The maximum absolute atomic E-state index is 12.2. The van der Waals surface area contributed by atoms with Gasteiger partial charge < -0.3 is 9.47 Å². The number of hydrogen-bond acceptors (Lipinski definition) is 5. The molecule has 0 radical (unpaired) electrons. The predicted molar refractivity (Wildman–Crippen MR) is 128 cm³/mol. The van der Waals surface area contributed by atoms with E-state index < -0.39 is 11.9 Å². The molecule has 1 amide bonds. The minimum Gasteiger partial charge on any atom is -0.484 e. The molecule has 0 unspecified atom stereocenters. The van der Waals surface area contributed by atoms with E-state index in [4.69, 9.17) is 9.47 Å². The third-order valence-electron chi connectivity index (χ3n) is 4.15. The quantitative estimate of drug-likeness (QED) is 0.159. The normalized spacial score (nSPS) is 10.9. The van der Waals surface area contributed by atoms with E-state index in [1.807, 2.05) is 55.5 Å². The zero-order valence-electron chi connectivity index (χ0n) is 17.3. The van der Waals surface area contributed by atoms with Crippen LogP contribution in [0, 0.1) is 6.92 Å². The van der Waals surface area contributed by atoms with Crippen LogP contribution in [0.4, 0.5) is 0 Å². The standard InChI is InChI=1S/C25H21BrN2O4/c1-18-6-5-9-22(14-18)31-17-24(29)28-27-16-20-15-21(26)11-12-23(20)32-25(30)13-10-19-7-3-2-4-8-19/h2-16H,17H2,1H3,(H,28,29)/b13-10+,27-16-. The largest absolute Gasteiger partial charge is 0.484 e. The van der Waals surface area contributed by atoms with Crippen molar-refractivity contribution in [2.24, 2.45) is 5.10 Å². The van der Waals surface area contributed by atoms with Crippen LogP contribution >= 0.6 is 15.9 Å². The molecular formula is C25H21BrN2O4. The van der Waals surface area contributed by atoms with Crippen molar-refractivity contribution in [3.05, 3.63) is 100 Å². The Morgan fingerprint density at radius 1 is 1.03 bits per heavy atom. The van der Waals surface area contributed by atoms with Crippen molar-refractivity contribution in [3.8, 4) is 11.5 Å². The molecule has 32 heavy (non-hydrogen) atoms. The molecule has 0 saturated carbocycles. The lowest BCUT2D eigenvalue weighted by Crippen LogP contribution is -2.24. The summed E-state index contributed by atoms with van der Waals surface area (Å²) in [7, 11) is 0. The average Bonchev–Trinajstić information content (AvgIpc) is 2.79. The van der Waals surface area contributed by atoms with Gasteiger partial charge in [0, 0.05) is 16.1 Å². The van der Waals surface area contributed by atoms with Gasteiger partial charge in [0.1, 0.15) is 11.5 Å². The molecule has 0 aliphatic heterocycles. The highest BCUT2D eigenvalue weighted by atomic mass is 79.9. The molecule has 0 aliphatic rings. The molecule has 0 saturated heterocycles. The van der Waals surface area contributed by atoms with E-state index in [1.54, 1.807) is 30.3 Å².